The molecule has 3 atom stereocenters. The Balaban J connectivity index is 1.61. The maximum absolute atomic E-state index is 13.8. The van der Waals surface area contributed by atoms with Crippen LogP contribution in [0.3, 0.4) is 0 Å². The Morgan fingerprint density at radius 3 is 2.42 bits per heavy atom. The molecule has 3 aromatic rings. The highest BCUT2D eigenvalue weighted by molar-refractivity contribution is 6.12. The Kier molecular flexibility index (Phi) is 7.51. The fraction of sp³-hybridized carbons (Fsp3) is 0.346. The minimum Gasteiger partial charge on any atom is -0.384 e. The third-order valence-electron chi connectivity index (χ3n) is 6.80. The zero-order valence-electron chi connectivity index (χ0n) is 21.1. The molecule has 1 fully saturated rings. The standard InChI is InChI=1S/C26H27F3N6O3/c1-4-15(16-11-18(27)23(29)19(28)12-16)13-22(36)35-24(26(38)34(3)21-6-8-33(2)32-21)17(25(35)37)9-14-5-7-31-20(30)10-14/h5-8,10-12,15,17,24H,4,9,13H2,1-3H3,(H2,30,31)/t15-,17+,24-/m0/s1. The van der Waals surface area contributed by atoms with E-state index in [0.717, 1.165) is 17.0 Å². The van der Waals surface area contributed by atoms with E-state index >= 15 is 0 Å². The fourth-order valence-electron chi connectivity index (χ4n) is 4.69. The summed E-state index contributed by atoms with van der Waals surface area (Å²) in [6.45, 7) is 1.70. The summed E-state index contributed by atoms with van der Waals surface area (Å²) >= 11 is 0. The number of halogens is 3. The molecule has 2 aromatic heterocycles. The van der Waals surface area contributed by atoms with Crippen LogP contribution < -0.4 is 10.6 Å². The van der Waals surface area contributed by atoms with Crippen molar-refractivity contribution < 1.29 is 27.6 Å². The molecular formula is C26H27F3N6O3. The van der Waals surface area contributed by atoms with Crippen LogP contribution in [0.25, 0.3) is 0 Å². The maximum Gasteiger partial charge on any atom is 0.252 e. The van der Waals surface area contributed by atoms with Crippen LogP contribution in [0.2, 0.25) is 0 Å². The van der Waals surface area contributed by atoms with Gasteiger partial charge in [-0.2, -0.15) is 5.10 Å². The number of carbonyl (C=O) groups is 3. The summed E-state index contributed by atoms with van der Waals surface area (Å²) in [7, 11) is 3.18. The van der Waals surface area contributed by atoms with Crippen molar-refractivity contribution in [3.63, 3.8) is 0 Å². The molecule has 1 aromatic carbocycles. The van der Waals surface area contributed by atoms with Gasteiger partial charge in [0.05, 0.1) is 5.92 Å². The second-order valence-electron chi connectivity index (χ2n) is 9.30. The number of amides is 3. The number of benzene rings is 1. The zero-order valence-corrected chi connectivity index (χ0v) is 21.1. The third kappa shape index (κ3) is 5.11. The van der Waals surface area contributed by atoms with Gasteiger partial charge in [0, 0.05) is 39.0 Å². The lowest BCUT2D eigenvalue weighted by Gasteiger charge is -2.46. The number of nitrogens with zero attached hydrogens (tertiary/aromatic N) is 5. The van der Waals surface area contributed by atoms with Crippen molar-refractivity contribution in [1.82, 2.24) is 19.7 Å². The lowest BCUT2D eigenvalue weighted by atomic mass is 9.80. The highest BCUT2D eigenvalue weighted by Gasteiger charge is 2.55. The quantitative estimate of drug-likeness (QED) is 0.355. The van der Waals surface area contributed by atoms with Gasteiger partial charge in [0.15, 0.2) is 23.3 Å². The number of aromatic nitrogens is 3. The van der Waals surface area contributed by atoms with Crippen molar-refractivity contribution in [3.05, 3.63) is 71.3 Å². The van der Waals surface area contributed by atoms with Gasteiger partial charge in [-0.05, 0) is 54.2 Å². The van der Waals surface area contributed by atoms with Crippen LogP contribution in [0, 0.1) is 23.4 Å². The van der Waals surface area contributed by atoms with Crippen LogP contribution in [0.1, 0.15) is 36.8 Å². The summed E-state index contributed by atoms with van der Waals surface area (Å²) in [6, 6.07) is 5.43. The van der Waals surface area contributed by atoms with Crippen molar-refractivity contribution in [1.29, 1.82) is 0 Å². The summed E-state index contributed by atoms with van der Waals surface area (Å²) < 4.78 is 42.7. The van der Waals surface area contributed by atoms with E-state index in [4.69, 9.17) is 5.73 Å². The van der Waals surface area contributed by atoms with Crippen molar-refractivity contribution in [2.24, 2.45) is 13.0 Å². The molecule has 4 rings (SSSR count). The number of anilines is 2. The van der Waals surface area contributed by atoms with E-state index in [2.05, 4.69) is 10.1 Å². The number of imide groups is 1. The van der Waals surface area contributed by atoms with E-state index in [-0.39, 0.29) is 30.6 Å². The number of nitrogen functional groups attached to an aromatic ring is 1. The average Bonchev–Trinajstić information content (AvgIpc) is 3.32. The number of hydrogen-bond donors (Lipinski definition) is 1. The van der Waals surface area contributed by atoms with Gasteiger partial charge >= 0.3 is 0 Å². The highest BCUT2D eigenvalue weighted by Crippen LogP contribution is 2.35. The number of aryl methyl sites for hydroxylation is 1. The summed E-state index contributed by atoms with van der Waals surface area (Å²) in [5.41, 5.74) is 6.51. The molecule has 3 heterocycles. The molecule has 200 valence electrons. The molecule has 0 bridgehead atoms. The van der Waals surface area contributed by atoms with Gasteiger partial charge in [0.1, 0.15) is 11.9 Å². The molecule has 1 aliphatic rings. The first-order valence-electron chi connectivity index (χ1n) is 12.0. The first-order valence-corrected chi connectivity index (χ1v) is 12.0. The number of likely N-dealkylation sites (tertiary alicyclic amines) is 1. The number of pyridine rings is 1. The van der Waals surface area contributed by atoms with Crippen LogP contribution in [-0.2, 0) is 27.9 Å². The second kappa shape index (κ2) is 10.6. The van der Waals surface area contributed by atoms with Gasteiger partial charge in [0.2, 0.25) is 11.8 Å². The van der Waals surface area contributed by atoms with Crippen LogP contribution in [0.5, 0.6) is 0 Å². The Morgan fingerprint density at radius 2 is 1.84 bits per heavy atom. The minimum atomic E-state index is -1.60. The third-order valence-corrected chi connectivity index (χ3v) is 6.80. The number of β-lactam (4-membered cyclic amide) rings is 1. The largest absolute Gasteiger partial charge is 0.384 e. The van der Waals surface area contributed by atoms with Crippen molar-refractivity contribution in [3.8, 4) is 0 Å². The summed E-state index contributed by atoms with van der Waals surface area (Å²) in [5.74, 6) is -7.05. The van der Waals surface area contributed by atoms with Crippen molar-refractivity contribution in [2.45, 2.75) is 38.1 Å². The Morgan fingerprint density at radius 1 is 1.16 bits per heavy atom. The molecular weight excluding hydrogens is 501 g/mol. The first kappa shape index (κ1) is 26.8. The molecule has 9 nitrogen and oxygen atoms in total. The summed E-state index contributed by atoms with van der Waals surface area (Å²) in [6.07, 6.45) is 3.26. The number of likely N-dealkylation sites (N-methyl/N-ethyl adjacent to an activating group) is 1. The molecule has 38 heavy (non-hydrogen) atoms. The predicted octanol–water partition coefficient (Wildman–Crippen LogP) is 2.96. The van der Waals surface area contributed by atoms with Gasteiger partial charge < -0.3 is 5.73 Å². The molecule has 1 aliphatic heterocycles. The van der Waals surface area contributed by atoms with Crippen LogP contribution >= 0.6 is 0 Å². The number of carbonyl (C=O) groups excluding carboxylic acids is 3. The smallest absolute Gasteiger partial charge is 0.252 e. The molecule has 0 radical (unpaired) electrons. The van der Waals surface area contributed by atoms with E-state index in [9.17, 15) is 27.6 Å². The summed E-state index contributed by atoms with van der Waals surface area (Å²) in [4.78, 5) is 46.3. The van der Waals surface area contributed by atoms with Gasteiger partial charge in [-0.1, -0.05) is 6.92 Å². The van der Waals surface area contributed by atoms with Gasteiger partial charge in [-0.25, -0.2) is 18.2 Å². The van der Waals surface area contributed by atoms with E-state index < -0.39 is 53.1 Å². The lowest BCUT2D eigenvalue weighted by molar-refractivity contribution is -0.170. The van der Waals surface area contributed by atoms with Crippen LogP contribution in [-0.4, -0.2) is 50.5 Å². The predicted molar refractivity (Wildman–Crippen MR) is 132 cm³/mol. The molecule has 3 amide bonds. The van der Waals surface area contributed by atoms with Gasteiger partial charge in [0.25, 0.3) is 5.91 Å². The Hall–Kier alpha value is -4.22. The first-order chi connectivity index (χ1) is 18.0. The molecule has 0 unspecified atom stereocenters. The second-order valence-corrected chi connectivity index (χ2v) is 9.30. The molecule has 12 heteroatoms. The van der Waals surface area contributed by atoms with E-state index in [1.807, 2.05) is 0 Å². The lowest BCUT2D eigenvalue weighted by Crippen LogP contribution is -2.69. The normalized spacial score (nSPS) is 17.7. The van der Waals surface area contributed by atoms with Crippen molar-refractivity contribution >= 4 is 29.4 Å². The molecule has 0 saturated carbocycles. The summed E-state index contributed by atoms with van der Waals surface area (Å²) in [5, 5.41) is 4.21. The molecule has 1 saturated heterocycles. The van der Waals surface area contributed by atoms with E-state index in [0.29, 0.717) is 11.4 Å². The van der Waals surface area contributed by atoms with E-state index in [1.165, 1.54) is 22.8 Å². The SMILES string of the molecule is CC[C@@H](CC(=O)N1C(=O)[C@H](Cc2ccnc(N)c2)[C@H]1C(=O)N(C)c1ccn(C)n1)c1cc(F)c(F)c(F)c1. The van der Waals surface area contributed by atoms with E-state index in [1.54, 1.807) is 38.4 Å². The number of nitrogens with two attached hydrogens (primary N) is 1. The Labute approximate surface area is 217 Å². The minimum absolute atomic E-state index is 0.0857. The van der Waals surface area contributed by atoms with Gasteiger partial charge in [-0.15, -0.1) is 0 Å². The fourth-order valence-corrected chi connectivity index (χ4v) is 4.69. The van der Waals surface area contributed by atoms with Crippen LogP contribution in [0.4, 0.5) is 24.8 Å². The monoisotopic (exact) mass is 528 g/mol. The number of rotatable bonds is 8. The van der Waals surface area contributed by atoms with Crippen LogP contribution in [0.15, 0.2) is 42.7 Å². The van der Waals surface area contributed by atoms with Crippen molar-refractivity contribution in [2.75, 3.05) is 17.7 Å². The number of hydrogen-bond acceptors (Lipinski definition) is 6. The Bertz CT molecular complexity index is 1370. The van der Waals surface area contributed by atoms with Gasteiger partial charge in [-0.3, -0.25) is 28.9 Å². The highest BCUT2D eigenvalue weighted by atomic mass is 19.2. The molecule has 2 N–H and O–H groups in total. The average molecular weight is 529 g/mol. The molecule has 0 aliphatic carbocycles. The molecule has 0 spiro atoms. The maximum atomic E-state index is 13.8. The zero-order chi connectivity index (χ0) is 27.7. The topological polar surface area (TPSA) is 114 Å².